The highest BCUT2D eigenvalue weighted by Crippen LogP contribution is 2.28. The summed E-state index contributed by atoms with van der Waals surface area (Å²) in [6.45, 7) is 12.3. The lowest BCUT2D eigenvalue weighted by molar-refractivity contribution is -0.658. The number of hydrogen-bond donors (Lipinski definition) is 5. The first-order valence-electron chi connectivity index (χ1n) is 21.1. The van der Waals surface area contributed by atoms with Gasteiger partial charge in [-0.15, -0.1) is 10.2 Å². The number of hydrogen-bond acceptors (Lipinski definition) is 12. The number of nitrogens with one attached hydrogen (secondary N) is 2. The number of aliphatic hydroxyl groups is 2. The molecular formula is C47H58N10O4S2+2. The van der Waals surface area contributed by atoms with Crippen molar-refractivity contribution in [3.63, 3.8) is 0 Å². The number of carbonyl (C=O) groups is 2. The molecule has 16 heteroatoms. The zero-order chi connectivity index (χ0) is 44.7. The van der Waals surface area contributed by atoms with Gasteiger partial charge in [-0.05, 0) is 86.7 Å². The number of amides is 2. The van der Waals surface area contributed by atoms with Crippen LogP contribution in [0.25, 0.3) is 16.6 Å². The number of nitrogens with zero attached hydrogens (tertiary/aromatic N) is 7. The van der Waals surface area contributed by atoms with E-state index < -0.39 is 0 Å². The van der Waals surface area contributed by atoms with Crippen molar-refractivity contribution in [1.29, 1.82) is 0 Å². The number of azo groups is 2. The summed E-state index contributed by atoms with van der Waals surface area (Å²) in [4.78, 5) is 29.9. The van der Waals surface area contributed by atoms with Crippen LogP contribution >= 0.6 is 21.6 Å². The predicted octanol–water partition coefficient (Wildman–Crippen LogP) is 7.00. The lowest BCUT2D eigenvalue weighted by atomic mass is 10.1. The monoisotopic (exact) mass is 890 g/mol. The molecular weight excluding hydrogens is 833 g/mol. The topological polar surface area (TPSA) is 175 Å². The summed E-state index contributed by atoms with van der Waals surface area (Å²) in [6, 6.07) is 32.9. The maximum atomic E-state index is 12.9. The van der Waals surface area contributed by atoms with E-state index in [0.717, 1.165) is 63.8 Å². The molecule has 0 saturated carbocycles. The highest BCUT2D eigenvalue weighted by molar-refractivity contribution is 8.76. The van der Waals surface area contributed by atoms with Crippen molar-refractivity contribution in [1.82, 2.24) is 10.6 Å². The van der Waals surface area contributed by atoms with Crippen LogP contribution in [-0.4, -0.2) is 92.6 Å². The molecule has 0 aliphatic carbocycles. The second-order valence-electron chi connectivity index (χ2n) is 14.0. The molecule has 2 amide bonds. The lowest BCUT2D eigenvalue weighted by Gasteiger charge is -2.21. The summed E-state index contributed by atoms with van der Waals surface area (Å²) in [6.07, 6.45) is 5.32. The van der Waals surface area contributed by atoms with E-state index in [4.69, 9.17) is 0 Å². The highest BCUT2D eigenvalue weighted by atomic mass is 33.1. The molecule has 1 aromatic heterocycles. The smallest absolute Gasteiger partial charge is 0.286 e. The Bertz CT molecular complexity index is 2320. The van der Waals surface area contributed by atoms with Crippen LogP contribution < -0.4 is 30.3 Å². The van der Waals surface area contributed by atoms with E-state index in [9.17, 15) is 19.8 Å². The summed E-state index contributed by atoms with van der Waals surface area (Å²) in [5.74, 6) is 1.29. The molecule has 0 aliphatic rings. The summed E-state index contributed by atoms with van der Waals surface area (Å²) < 4.78 is 1.91. The molecule has 6 N–H and O–H groups in total. The van der Waals surface area contributed by atoms with Crippen LogP contribution in [-0.2, 0) is 16.1 Å². The fourth-order valence-corrected chi connectivity index (χ4v) is 8.44. The standard InChI is InChI=1S/C47H56N10O4S2/c1-4-11-43(53-51-36-16-20-38(21-17-36)55(5-2)28-30-58)40-12-7-9-14-42(40)50-34-46(60)48-25-32-62-63-33-26-49-47(61)35-57-27-24-44(41-13-8-10-15-45(41)57)54-52-37-18-22-39(23-19-37)56(6-3)29-31-59/h4,7-24,27,50,58-59H,1,5-6,25-26,28-35H2,2-3H3,(H-,48,49,60,61)/p+2/b43-11+,53-51?. The molecule has 14 nitrogen and oxygen atoms in total. The third kappa shape index (κ3) is 15.1. The number of pyridine rings is 1. The molecule has 0 atom stereocenters. The van der Waals surface area contributed by atoms with E-state index in [1.807, 2.05) is 126 Å². The van der Waals surface area contributed by atoms with Crippen molar-refractivity contribution in [2.45, 2.75) is 20.4 Å². The number of benzene rings is 4. The summed E-state index contributed by atoms with van der Waals surface area (Å²) >= 11 is 0. The van der Waals surface area contributed by atoms with E-state index in [0.29, 0.717) is 43.3 Å². The van der Waals surface area contributed by atoms with Crippen molar-refractivity contribution in [2.24, 2.45) is 20.5 Å². The fraction of sp³-hybridized carbons (Fsp3) is 0.298. The molecule has 5 rings (SSSR count). The number of quaternary nitrogens is 1. The van der Waals surface area contributed by atoms with Crippen molar-refractivity contribution in [3.05, 3.63) is 134 Å². The quantitative estimate of drug-likeness (QED) is 0.00986. The maximum Gasteiger partial charge on any atom is 0.286 e. The van der Waals surface area contributed by atoms with Gasteiger partial charge in [0.05, 0.1) is 41.2 Å². The number of nitrogens with two attached hydrogens (primary N) is 1. The Balaban J connectivity index is 1.01. The molecule has 0 unspecified atom stereocenters. The third-order valence-electron chi connectivity index (χ3n) is 9.81. The van der Waals surface area contributed by atoms with Crippen LogP contribution in [0.2, 0.25) is 0 Å². The number of rotatable bonds is 26. The van der Waals surface area contributed by atoms with Crippen molar-refractivity contribution in [3.8, 4) is 0 Å². The second-order valence-corrected chi connectivity index (χ2v) is 16.7. The first-order chi connectivity index (χ1) is 30.9. The Morgan fingerprint density at radius 2 is 1.33 bits per heavy atom. The van der Waals surface area contributed by atoms with Gasteiger partial charge >= 0.3 is 0 Å². The Hall–Kier alpha value is -5.91. The third-order valence-corrected chi connectivity index (χ3v) is 12.2. The summed E-state index contributed by atoms with van der Waals surface area (Å²) in [5.41, 5.74) is 7.36. The number of aromatic nitrogens is 1. The minimum atomic E-state index is -0.0862. The number of likely N-dealkylation sites (N-methyl/N-ethyl adjacent to an activating group) is 2. The zero-order valence-electron chi connectivity index (χ0n) is 36.0. The Kier molecular flexibility index (Phi) is 20.3. The molecule has 5 aromatic rings. The van der Waals surface area contributed by atoms with Crippen LogP contribution in [0.5, 0.6) is 0 Å². The van der Waals surface area contributed by atoms with Gasteiger partial charge in [-0.2, -0.15) is 14.8 Å². The average Bonchev–Trinajstić information content (AvgIpc) is 3.31. The van der Waals surface area contributed by atoms with Crippen molar-refractivity contribution in [2.75, 3.05) is 80.3 Å². The molecule has 0 aliphatic heterocycles. The second kappa shape index (κ2) is 26.5. The molecule has 330 valence electrons. The Morgan fingerprint density at radius 1 is 0.746 bits per heavy atom. The molecule has 0 spiro atoms. The Morgan fingerprint density at radius 3 is 1.95 bits per heavy atom. The summed E-state index contributed by atoms with van der Waals surface area (Å²) in [5, 5.41) is 45.4. The average molecular weight is 891 g/mol. The van der Waals surface area contributed by atoms with Gasteiger partial charge in [0.2, 0.25) is 12.1 Å². The van der Waals surface area contributed by atoms with Crippen molar-refractivity contribution < 1.29 is 29.7 Å². The Labute approximate surface area is 377 Å². The zero-order valence-corrected chi connectivity index (χ0v) is 37.6. The molecule has 0 bridgehead atoms. The highest BCUT2D eigenvalue weighted by Gasteiger charge is 2.17. The van der Waals surface area contributed by atoms with E-state index in [1.165, 1.54) is 0 Å². The summed E-state index contributed by atoms with van der Waals surface area (Å²) in [7, 11) is 3.30. The normalized spacial score (nSPS) is 11.7. The van der Waals surface area contributed by atoms with Crippen LogP contribution in [0.3, 0.4) is 0 Å². The predicted molar refractivity (Wildman–Crippen MR) is 258 cm³/mol. The van der Waals surface area contributed by atoms with Crippen LogP contribution in [0.4, 0.5) is 34.1 Å². The van der Waals surface area contributed by atoms with Crippen LogP contribution in [0.1, 0.15) is 19.4 Å². The van der Waals surface area contributed by atoms with Gasteiger partial charge in [-0.25, -0.2) is 0 Å². The SMILES string of the molecule is C=C/C=C(/N=Nc1ccc(N(CC)CCO)cc1)c1ccccc1[NH2+]CC(=O)NCCSSCCNC(=O)C[n+]1ccc(N=Nc2ccc(N(CC)CCO)cc2)c2ccccc21. The number of anilines is 2. The first kappa shape index (κ1) is 48.1. The lowest BCUT2D eigenvalue weighted by Crippen LogP contribution is -2.81. The minimum Gasteiger partial charge on any atom is -0.395 e. The molecule has 0 radical (unpaired) electrons. The van der Waals surface area contributed by atoms with Gasteiger partial charge in [0, 0.05) is 74.3 Å². The first-order valence-corrected chi connectivity index (χ1v) is 23.6. The fourth-order valence-electron chi connectivity index (χ4n) is 6.63. The number of fused-ring (bicyclic) bond motifs is 1. The van der Waals surface area contributed by atoms with E-state index in [2.05, 4.69) is 54.4 Å². The van der Waals surface area contributed by atoms with Crippen molar-refractivity contribution >= 4 is 84.1 Å². The molecule has 63 heavy (non-hydrogen) atoms. The van der Waals surface area contributed by atoms with E-state index >= 15 is 0 Å². The van der Waals surface area contributed by atoms with Crippen LogP contribution in [0.15, 0.2) is 149 Å². The van der Waals surface area contributed by atoms with Gasteiger partial charge < -0.3 is 36.0 Å². The minimum absolute atomic E-state index is 0.0776. The number of carbonyl (C=O) groups excluding carboxylic acids is 2. The van der Waals surface area contributed by atoms with Gasteiger partial charge in [0.1, 0.15) is 11.4 Å². The van der Waals surface area contributed by atoms with Gasteiger partial charge in [-0.1, -0.05) is 58.5 Å². The van der Waals surface area contributed by atoms with Gasteiger partial charge in [0.25, 0.3) is 11.8 Å². The molecule has 1 heterocycles. The van der Waals surface area contributed by atoms with Gasteiger partial charge in [0.15, 0.2) is 12.7 Å². The maximum absolute atomic E-state index is 12.9. The van der Waals surface area contributed by atoms with Crippen LogP contribution in [0, 0.1) is 0 Å². The van der Waals surface area contributed by atoms with E-state index in [1.54, 1.807) is 33.7 Å². The number of para-hydroxylation sites is 2. The number of aliphatic hydroxyl groups excluding tert-OH is 2. The molecule has 0 fully saturated rings. The largest absolute Gasteiger partial charge is 0.395 e. The van der Waals surface area contributed by atoms with Gasteiger partial charge in [-0.3, -0.25) is 9.59 Å². The molecule has 0 saturated heterocycles. The van der Waals surface area contributed by atoms with E-state index in [-0.39, 0.29) is 38.1 Å². The number of allylic oxidation sites excluding steroid dienone is 2. The molecule has 4 aromatic carbocycles.